The lowest BCUT2D eigenvalue weighted by molar-refractivity contribution is 0.0697. The lowest BCUT2D eigenvalue weighted by Gasteiger charge is -2.08. The second-order valence-electron chi connectivity index (χ2n) is 3.79. The molecule has 0 bridgehead atoms. The highest BCUT2D eigenvalue weighted by Gasteiger charge is 2.13. The van der Waals surface area contributed by atoms with Crippen LogP contribution in [0.25, 0.3) is 0 Å². The molecule has 0 unspecified atom stereocenters. The van der Waals surface area contributed by atoms with Crippen LogP contribution in [0.3, 0.4) is 0 Å². The topological polar surface area (TPSA) is 91.3 Å². The highest BCUT2D eigenvalue weighted by atomic mass is 35.5. The molecule has 1 heterocycles. The maximum atomic E-state index is 11.8. The number of aromatic carboxylic acids is 1. The maximum Gasteiger partial charge on any atom is 0.339 e. The van der Waals surface area contributed by atoms with E-state index in [1.165, 1.54) is 18.3 Å². The Morgan fingerprint density at radius 1 is 1.15 bits per heavy atom. The Bertz CT molecular complexity index is 661. The molecule has 2 rings (SSSR count). The number of carbonyl (C=O) groups excluding carboxylic acids is 1. The number of hydrogen-bond acceptors (Lipinski definition) is 3. The van der Waals surface area contributed by atoms with Crippen molar-refractivity contribution in [3.8, 4) is 0 Å². The molecule has 0 aliphatic carbocycles. The smallest absolute Gasteiger partial charge is 0.339 e. The van der Waals surface area contributed by atoms with Gasteiger partial charge in [0, 0.05) is 16.9 Å². The fourth-order valence-corrected chi connectivity index (χ4v) is 1.70. The average molecular weight is 292 g/mol. The van der Waals surface area contributed by atoms with Crippen molar-refractivity contribution in [2.24, 2.45) is 0 Å². The lowest BCUT2D eigenvalue weighted by Crippen LogP contribution is -2.21. The highest BCUT2D eigenvalue weighted by Crippen LogP contribution is 2.16. The Labute approximate surface area is 119 Å². The van der Waals surface area contributed by atoms with Crippen molar-refractivity contribution in [3.05, 3.63) is 53.2 Å². The van der Waals surface area contributed by atoms with Gasteiger partial charge in [-0.3, -0.25) is 5.32 Å². The normalized spacial score (nSPS) is 9.85. The predicted molar refractivity (Wildman–Crippen MR) is 75.3 cm³/mol. The van der Waals surface area contributed by atoms with Gasteiger partial charge < -0.3 is 10.4 Å². The summed E-state index contributed by atoms with van der Waals surface area (Å²) in [5.74, 6) is -1.20. The molecule has 2 amide bonds. The number of hydrogen-bond donors (Lipinski definition) is 3. The summed E-state index contributed by atoms with van der Waals surface area (Å²) < 4.78 is 0. The number of nitrogens with zero attached hydrogens (tertiary/aromatic N) is 1. The number of anilines is 2. The minimum atomic E-state index is -1.17. The molecule has 6 nitrogen and oxygen atoms in total. The van der Waals surface area contributed by atoms with Crippen molar-refractivity contribution in [1.82, 2.24) is 4.98 Å². The van der Waals surface area contributed by atoms with Gasteiger partial charge in [-0.2, -0.15) is 0 Å². The van der Waals surface area contributed by atoms with Crippen molar-refractivity contribution in [1.29, 1.82) is 0 Å². The summed E-state index contributed by atoms with van der Waals surface area (Å²) in [5, 5.41) is 14.4. The monoisotopic (exact) mass is 291 g/mol. The summed E-state index contributed by atoms with van der Waals surface area (Å²) in [6.45, 7) is 0. The molecule has 0 atom stereocenters. The molecule has 0 spiro atoms. The fourth-order valence-electron chi connectivity index (χ4n) is 1.51. The van der Waals surface area contributed by atoms with Crippen molar-refractivity contribution >= 4 is 35.1 Å². The third-order valence-electron chi connectivity index (χ3n) is 2.35. The number of urea groups is 1. The Hall–Kier alpha value is -2.60. The predicted octanol–water partition coefficient (Wildman–Crippen LogP) is 3.08. The van der Waals surface area contributed by atoms with E-state index in [9.17, 15) is 9.59 Å². The second-order valence-corrected chi connectivity index (χ2v) is 4.23. The van der Waals surface area contributed by atoms with Gasteiger partial charge in [-0.25, -0.2) is 14.6 Å². The molecule has 102 valence electrons. The number of carboxylic acids is 1. The van der Waals surface area contributed by atoms with Crippen molar-refractivity contribution in [3.63, 3.8) is 0 Å². The van der Waals surface area contributed by atoms with E-state index in [-0.39, 0.29) is 11.4 Å². The zero-order valence-electron chi connectivity index (χ0n) is 10.1. The number of pyridine rings is 1. The summed E-state index contributed by atoms with van der Waals surface area (Å²) in [6.07, 6.45) is 1.39. The van der Waals surface area contributed by atoms with Crippen LogP contribution in [0.2, 0.25) is 5.02 Å². The number of amides is 2. The molecule has 1 aromatic heterocycles. The third kappa shape index (κ3) is 3.46. The van der Waals surface area contributed by atoms with Gasteiger partial charge in [0.25, 0.3) is 0 Å². The average Bonchev–Trinajstić information content (AvgIpc) is 2.38. The van der Waals surface area contributed by atoms with Crippen molar-refractivity contribution in [2.45, 2.75) is 0 Å². The maximum absolute atomic E-state index is 11.8. The first kappa shape index (κ1) is 13.8. The summed E-state index contributed by atoms with van der Waals surface area (Å²) >= 11 is 5.79. The number of halogens is 1. The van der Waals surface area contributed by atoms with Crippen LogP contribution < -0.4 is 10.6 Å². The second kappa shape index (κ2) is 6.03. The largest absolute Gasteiger partial charge is 0.478 e. The minimum absolute atomic E-state index is 0.0282. The molecule has 7 heteroatoms. The first-order valence-electron chi connectivity index (χ1n) is 5.58. The first-order chi connectivity index (χ1) is 9.56. The highest BCUT2D eigenvalue weighted by molar-refractivity contribution is 6.30. The van der Waals surface area contributed by atoms with E-state index in [0.717, 1.165) is 0 Å². The van der Waals surface area contributed by atoms with Gasteiger partial charge in [-0.1, -0.05) is 17.7 Å². The zero-order valence-corrected chi connectivity index (χ0v) is 10.9. The van der Waals surface area contributed by atoms with E-state index in [1.807, 2.05) is 0 Å². The van der Waals surface area contributed by atoms with Crippen LogP contribution in [0, 0.1) is 0 Å². The molecule has 0 saturated heterocycles. The summed E-state index contributed by atoms with van der Waals surface area (Å²) in [7, 11) is 0. The number of benzene rings is 1. The van der Waals surface area contributed by atoms with Crippen LogP contribution in [-0.4, -0.2) is 22.1 Å². The van der Waals surface area contributed by atoms with Gasteiger partial charge in [-0.15, -0.1) is 0 Å². The summed E-state index contributed by atoms with van der Waals surface area (Å²) in [6, 6.07) is 8.80. The number of aromatic nitrogens is 1. The molecule has 0 fully saturated rings. The third-order valence-corrected chi connectivity index (χ3v) is 2.59. The Balaban J connectivity index is 2.11. The van der Waals surface area contributed by atoms with Crippen LogP contribution in [0.15, 0.2) is 42.6 Å². The van der Waals surface area contributed by atoms with Crippen LogP contribution in [0.5, 0.6) is 0 Å². The molecule has 0 saturated carbocycles. The van der Waals surface area contributed by atoms with Gasteiger partial charge in [0.15, 0.2) is 0 Å². The van der Waals surface area contributed by atoms with E-state index in [1.54, 1.807) is 24.3 Å². The van der Waals surface area contributed by atoms with Gasteiger partial charge in [0.05, 0.1) is 0 Å². The molecule has 2 aromatic rings. The van der Waals surface area contributed by atoms with Crippen LogP contribution in [0.1, 0.15) is 10.4 Å². The zero-order chi connectivity index (χ0) is 14.5. The van der Waals surface area contributed by atoms with Crippen LogP contribution >= 0.6 is 11.6 Å². The van der Waals surface area contributed by atoms with E-state index in [2.05, 4.69) is 15.6 Å². The van der Waals surface area contributed by atoms with E-state index < -0.39 is 12.0 Å². The molecular formula is C13H10ClN3O3. The van der Waals surface area contributed by atoms with E-state index >= 15 is 0 Å². The number of carbonyl (C=O) groups is 2. The SMILES string of the molecule is O=C(Nc1cccc(Cl)c1)Nc1ncccc1C(=O)O. The van der Waals surface area contributed by atoms with Gasteiger partial charge >= 0.3 is 12.0 Å². The van der Waals surface area contributed by atoms with Crippen molar-refractivity contribution in [2.75, 3.05) is 10.6 Å². The molecule has 0 aliphatic rings. The molecule has 1 aromatic carbocycles. The van der Waals surface area contributed by atoms with Gasteiger partial charge in [0.2, 0.25) is 0 Å². The molecule has 3 N–H and O–H groups in total. The Morgan fingerprint density at radius 3 is 2.65 bits per heavy atom. The van der Waals surface area contributed by atoms with Crippen LogP contribution in [0.4, 0.5) is 16.3 Å². The fraction of sp³-hybridized carbons (Fsp3) is 0. The number of nitrogens with one attached hydrogen (secondary N) is 2. The van der Waals surface area contributed by atoms with Gasteiger partial charge in [-0.05, 0) is 30.3 Å². The molecule has 20 heavy (non-hydrogen) atoms. The van der Waals surface area contributed by atoms with Crippen molar-refractivity contribution < 1.29 is 14.7 Å². The van der Waals surface area contributed by atoms with Gasteiger partial charge in [0.1, 0.15) is 11.4 Å². The number of rotatable bonds is 3. The van der Waals surface area contributed by atoms with E-state index in [0.29, 0.717) is 10.7 Å². The Morgan fingerprint density at radius 2 is 1.95 bits per heavy atom. The lowest BCUT2D eigenvalue weighted by atomic mass is 10.2. The first-order valence-corrected chi connectivity index (χ1v) is 5.96. The van der Waals surface area contributed by atoms with Crippen LogP contribution in [-0.2, 0) is 0 Å². The van der Waals surface area contributed by atoms with E-state index in [4.69, 9.17) is 16.7 Å². The standard InChI is InChI=1S/C13H10ClN3O3/c14-8-3-1-4-9(7-8)16-13(20)17-11-10(12(18)19)5-2-6-15-11/h1-7H,(H,18,19)(H2,15,16,17,20). The molecular weight excluding hydrogens is 282 g/mol. The summed E-state index contributed by atoms with van der Waals surface area (Å²) in [4.78, 5) is 26.6. The minimum Gasteiger partial charge on any atom is -0.478 e. The molecule has 0 aliphatic heterocycles. The summed E-state index contributed by atoms with van der Waals surface area (Å²) in [5.41, 5.74) is 0.400. The Kier molecular flexibility index (Phi) is 4.17. The quantitative estimate of drug-likeness (QED) is 0.810. The molecule has 0 radical (unpaired) electrons. The number of carboxylic acid groups (broad SMARTS) is 1.